The molecule has 0 bridgehead atoms. The highest BCUT2D eigenvalue weighted by Gasteiger charge is 2.29. The van der Waals surface area contributed by atoms with Gasteiger partial charge < -0.3 is 5.32 Å². The molecule has 32 heavy (non-hydrogen) atoms. The maximum absolute atomic E-state index is 12.3. The second-order valence-electron chi connectivity index (χ2n) is 8.79. The Morgan fingerprint density at radius 2 is 2.06 bits per heavy atom. The molecular weight excluding hydrogens is 402 g/mol. The van der Waals surface area contributed by atoms with Gasteiger partial charge in [0.1, 0.15) is 0 Å². The van der Waals surface area contributed by atoms with Crippen LogP contribution in [0, 0.1) is 12.8 Å². The van der Waals surface area contributed by atoms with Crippen molar-refractivity contribution in [1.82, 2.24) is 35.5 Å². The van der Waals surface area contributed by atoms with Crippen molar-refractivity contribution in [2.45, 2.75) is 58.5 Å². The minimum absolute atomic E-state index is 0.232. The van der Waals surface area contributed by atoms with Gasteiger partial charge in [0, 0.05) is 31.9 Å². The molecule has 1 fully saturated rings. The minimum Gasteiger partial charge on any atom is -0.346 e. The van der Waals surface area contributed by atoms with E-state index in [2.05, 4.69) is 43.0 Å². The number of hydrogen-bond donors (Lipinski definition) is 1. The molecule has 0 aromatic carbocycles. The number of pyridine rings is 1. The summed E-state index contributed by atoms with van der Waals surface area (Å²) in [7, 11) is 0. The van der Waals surface area contributed by atoms with E-state index in [9.17, 15) is 4.79 Å². The molecule has 5 rings (SSSR count). The smallest absolute Gasteiger partial charge is 0.273 e. The Hall–Kier alpha value is -3.42. The quantitative estimate of drug-likeness (QED) is 0.525. The molecule has 1 N–H and O–H groups in total. The molecule has 3 aromatic rings. The summed E-state index contributed by atoms with van der Waals surface area (Å²) in [5.41, 5.74) is 7.31. The van der Waals surface area contributed by atoms with E-state index in [1.165, 1.54) is 24.0 Å². The Bertz CT molecular complexity index is 1160. The maximum Gasteiger partial charge on any atom is 0.273 e. The second kappa shape index (κ2) is 8.98. The first kappa shape index (κ1) is 20.5. The van der Waals surface area contributed by atoms with Gasteiger partial charge >= 0.3 is 0 Å². The largest absolute Gasteiger partial charge is 0.346 e. The van der Waals surface area contributed by atoms with Crippen molar-refractivity contribution in [3.63, 3.8) is 0 Å². The van der Waals surface area contributed by atoms with Crippen LogP contribution in [-0.2, 0) is 25.9 Å². The van der Waals surface area contributed by atoms with E-state index in [-0.39, 0.29) is 5.91 Å². The minimum atomic E-state index is -0.232. The molecule has 0 radical (unpaired) electrons. The molecule has 3 aromatic heterocycles. The summed E-state index contributed by atoms with van der Waals surface area (Å²) in [4.78, 5) is 16.5. The van der Waals surface area contributed by atoms with E-state index < -0.39 is 0 Å². The van der Waals surface area contributed by atoms with E-state index in [0.717, 1.165) is 54.1 Å². The fraction of sp³-hybridized carbons (Fsp3) is 0.417. The summed E-state index contributed by atoms with van der Waals surface area (Å²) in [5.74, 6) is 0.562. The van der Waals surface area contributed by atoms with Crippen molar-refractivity contribution in [2.24, 2.45) is 5.92 Å². The Kier molecular flexibility index (Phi) is 5.75. The lowest BCUT2D eigenvalue weighted by molar-refractivity contribution is 0.0945. The number of carbonyl (C=O) groups excluding carboxylic acids is 1. The van der Waals surface area contributed by atoms with Gasteiger partial charge in [0.05, 0.1) is 17.6 Å². The van der Waals surface area contributed by atoms with E-state index in [0.29, 0.717) is 18.8 Å². The Morgan fingerprint density at radius 1 is 1.16 bits per heavy atom. The number of allylic oxidation sites excluding steroid dienone is 1. The predicted molar refractivity (Wildman–Crippen MR) is 120 cm³/mol. The lowest BCUT2D eigenvalue weighted by atomic mass is 10.1. The summed E-state index contributed by atoms with van der Waals surface area (Å²) in [5, 5.41) is 19.8. The standard InChI is InChI=1S/C24H27N7O/c1-16-8-17(13-25-12-16)14-26-24(32)23-15-31(30-29-23)7-3-2-4-21-10-20-9-19(18-5-6-18)11-22(20)28-27-21/h8-10,12-13,15,18H,2-7,11,14H2,1H3,(H,26,32). The van der Waals surface area contributed by atoms with E-state index in [1.54, 1.807) is 23.3 Å². The van der Waals surface area contributed by atoms with Crippen molar-refractivity contribution >= 4 is 12.0 Å². The zero-order valence-corrected chi connectivity index (χ0v) is 18.3. The fourth-order valence-electron chi connectivity index (χ4n) is 4.10. The van der Waals surface area contributed by atoms with Gasteiger partial charge in [-0.05, 0) is 67.7 Å². The first-order valence-electron chi connectivity index (χ1n) is 11.3. The van der Waals surface area contributed by atoms with Gasteiger partial charge in [0.15, 0.2) is 5.69 Å². The van der Waals surface area contributed by atoms with Crippen LogP contribution in [0.3, 0.4) is 0 Å². The van der Waals surface area contributed by atoms with Crippen molar-refractivity contribution in [3.05, 3.63) is 70.1 Å². The number of aryl methyl sites for hydroxylation is 3. The first-order valence-corrected chi connectivity index (χ1v) is 11.3. The molecule has 8 nitrogen and oxygen atoms in total. The number of hydrogen-bond acceptors (Lipinski definition) is 6. The van der Waals surface area contributed by atoms with Crippen LogP contribution < -0.4 is 5.32 Å². The number of fused-ring (bicyclic) bond motifs is 1. The normalized spacial score (nSPS) is 14.8. The summed E-state index contributed by atoms with van der Waals surface area (Å²) in [6.07, 6.45) is 14.0. The summed E-state index contributed by atoms with van der Waals surface area (Å²) in [6.45, 7) is 3.11. The highest BCUT2D eigenvalue weighted by atomic mass is 16.2. The number of amides is 1. The third-order valence-corrected chi connectivity index (χ3v) is 5.99. The highest BCUT2D eigenvalue weighted by molar-refractivity contribution is 5.91. The molecule has 8 heteroatoms. The third kappa shape index (κ3) is 4.90. The number of rotatable bonds is 9. The molecule has 2 aliphatic rings. The molecule has 0 atom stereocenters. The molecule has 164 valence electrons. The van der Waals surface area contributed by atoms with Gasteiger partial charge in [-0.25, -0.2) is 0 Å². The number of nitrogens with zero attached hydrogens (tertiary/aromatic N) is 6. The lowest BCUT2D eigenvalue weighted by Gasteiger charge is -2.04. The van der Waals surface area contributed by atoms with Crippen molar-refractivity contribution in [2.75, 3.05) is 0 Å². The van der Waals surface area contributed by atoms with E-state index in [1.807, 2.05) is 13.0 Å². The van der Waals surface area contributed by atoms with E-state index in [4.69, 9.17) is 0 Å². The first-order chi connectivity index (χ1) is 15.6. The van der Waals surface area contributed by atoms with Crippen LogP contribution in [-0.4, -0.2) is 36.1 Å². The summed E-state index contributed by atoms with van der Waals surface area (Å²) < 4.78 is 1.72. The maximum atomic E-state index is 12.3. The third-order valence-electron chi connectivity index (χ3n) is 5.99. The van der Waals surface area contributed by atoms with Gasteiger partial charge in [0.25, 0.3) is 5.91 Å². The topological polar surface area (TPSA) is 98.5 Å². The molecule has 3 heterocycles. The summed E-state index contributed by atoms with van der Waals surface area (Å²) >= 11 is 0. The molecule has 0 aliphatic heterocycles. The van der Waals surface area contributed by atoms with Gasteiger partial charge in [-0.1, -0.05) is 22.9 Å². The van der Waals surface area contributed by atoms with Gasteiger partial charge in [0.2, 0.25) is 0 Å². The lowest BCUT2D eigenvalue weighted by Crippen LogP contribution is -2.23. The van der Waals surface area contributed by atoms with Crippen LogP contribution >= 0.6 is 0 Å². The number of unbranched alkanes of at least 4 members (excludes halogenated alkanes) is 1. The molecule has 2 aliphatic carbocycles. The van der Waals surface area contributed by atoms with Crippen LogP contribution in [0.5, 0.6) is 0 Å². The Balaban J connectivity index is 1.07. The van der Waals surface area contributed by atoms with Gasteiger partial charge in [-0.2, -0.15) is 10.2 Å². The molecule has 0 unspecified atom stereocenters. The van der Waals surface area contributed by atoms with Crippen LogP contribution in [0.1, 0.15) is 64.2 Å². The van der Waals surface area contributed by atoms with Crippen LogP contribution in [0.2, 0.25) is 0 Å². The molecule has 1 saturated carbocycles. The molecule has 0 saturated heterocycles. The predicted octanol–water partition coefficient (Wildman–Crippen LogP) is 3.07. The molecular formula is C24H27N7O. The van der Waals surface area contributed by atoms with Crippen LogP contribution in [0.15, 0.2) is 36.3 Å². The van der Waals surface area contributed by atoms with Crippen molar-refractivity contribution in [1.29, 1.82) is 0 Å². The van der Waals surface area contributed by atoms with Gasteiger partial charge in [-0.15, -0.1) is 5.10 Å². The molecule has 1 amide bonds. The summed E-state index contributed by atoms with van der Waals surface area (Å²) in [6, 6.07) is 4.19. The van der Waals surface area contributed by atoms with Gasteiger partial charge in [-0.3, -0.25) is 14.5 Å². The van der Waals surface area contributed by atoms with E-state index >= 15 is 0 Å². The zero-order chi connectivity index (χ0) is 21.9. The fourth-order valence-corrected chi connectivity index (χ4v) is 4.10. The average Bonchev–Trinajstić information content (AvgIpc) is 3.38. The number of carbonyl (C=O) groups is 1. The van der Waals surface area contributed by atoms with Crippen molar-refractivity contribution in [3.8, 4) is 0 Å². The van der Waals surface area contributed by atoms with Crippen LogP contribution in [0.4, 0.5) is 0 Å². The highest BCUT2D eigenvalue weighted by Crippen LogP contribution is 2.41. The van der Waals surface area contributed by atoms with Crippen LogP contribution in [0.25, 0.3) is 6.08 Å². The molecule has 0 spiro atoms. The monoisotopic (exact) mass is 429 g/mol. The number of nitrogens with one attached hydrogen (secondary N) is 1. The Morgan fingerprint density at radius 3 is 2.91 bits per heavy atom. The number of aromatic nitrogens is 6. The average molecular weight is 430 g/mol. The second-order valence-corrected chi connectivity index (χ2v) is 8.79. The zero-order valence-electron chi connectivity index (χ0n) is 18.3. The van der Waals surface area contributed by atoms with Crippen molar-refractivity contribution < 1.29 is 4.79 Å². The Labute approximate surface area is 187 Å². The SMILES string of the molecule is Cc1cncc(CNC(=O)c2cn(CCCCc3cc4c(nn3)CC(C3CC3)=C4)nn2)c1.